The fourth-order valence-corrected chi connectivity index (χ4v) is 3.45. The van der Waals surface area contributed by atoms with E-state index in [1.54, 1.807) is 38.9 Å². The van der Waals surface area contributed by atoms with Gasteiger partial charge in [-0.05, 0) is 31.0 Å². The van der Waals surface area contributed by atoms with Gasteiger partial charge in [0.2, 0.25) is 0 Å². The van der Waals surface area contributed by atoms with Crippen molar-refractivity contribution in [3.63, 3.8) is 0 Å². The van der Waals surface area contributed by atoms with Crippen LogP contribution in [0.25, 0.3) is 0 Å². The lowest BCUT2D eigenvalue weighted by molar-refractivity contribution is 0.162. The number of rotatable bonds is 6. The third kappa shape index (κ3) is 4.31. The summed E-state index contributed by atoms with van der Waals surface area (Å²) < 4.78 is 15.7. The molecule has 0 spiro atoms. The summed E-state index contributed by atoms with van der Waals surface area (Å²) in [6.45, 7) is 0.542. The van der Waals surface area contributed by atoms with Crippen molar-refractivity contribution in [2.75, 3.05) is 19.5 Å². The lowest BCUT2D eigenvalue weighted by atomic mass is 9.94. The summed E-state index contributed by atoms with van der Waals surface area (Å²) in [6, 6.07) is 7.42. The number of benzene rings is 1. The summed E-state index contributed by atoms with van der Waals surface area (Å²) in [6.07, 6.45) is 8.98. The van der Waals surface area contributed by atoms with Crippen LogP contribution in [0.1, 0.15) is 37.7 Å². The van der Waals surface area contributed by atoms with Crippen LogP contribution in [-0.4, -0.2) is 31.2 Å². The highest BCUT2D eigenvalue weighted by Crippen LogP contribution is 2.30. The molecule has 0 bridgehead atoms. The second-order valence-corrected chi connectivity index (χ2v) is 6.55. The fraction of sp³-hybridized carbons (Fsp3) is 0.450. The Balaban J connectivity index is 1.76. The molecular formula is C20H26N2O4. The Hall–Kier alpha value is -2.63. The van der Waals surface area contributed by atoms with Crippen LogP contribution in [0, 0.1) is 0 Å². The van der Waals surface area contributed by atoms with E-state index in [0.29, 0.717) is 23.7 Å². The standard InChI is InChI=1S/C20H26N2O4/c1-24-18-9-8-16(12-19(18)25-2)21-20(23)22(13-15-10-11-26-14-15)17-6-4-3-5-7-17/h8-12,14,17H,3-7,13H2,1-2H3,(H,21,23). The third-order valence-electron chi connectivity index (χ3n) is 4.84. The molecule has 1 aliphatic carbocycles. The number of hydrogen-bond acceptors (Lipinski definition) is 4. The average Bonchev–Trinajstić information content (AvgIpc) is 3.20. The van der Waals surface area contributed by atoms with Crippen LogP contribution in [-0.2, 0) is 6.54 Å². The molecule has 1 fully saturated rings. The van der Waals surface area contributed by atoms with Crippen LogP contribution in [0.2, 0.25) is 0 Å². The number of ether oxygens (including phenoxy) is 2. The van der Waals surface area contributed by atoms with E-state index >= 15 is 0 Å². The molecule has 0 saturated heterocycles. The molecule has 6 nitrogen and oxygen atoms in total. The minimum Gasteiger partial charge on any atom is -0.493 e. The van der Waals surface area contributed by atoms with E-state index in [4.69, 9.17) is 13.9 Å². The van der Waals surface area contributed by atoms with E-state index in [9.17, 15) is 4.79 Å². The Morgan fingerprint density at radius 2 is 1.92 bits per heavy atom. The molecule has 0 unspecified atom stereocenters. The maximum atomic E-state index is 13.0. The van der Waals surface area contributed by atoms with Crippen LogP contribution in [0.15, 0.2) is 41.2 Å². The minimum atomic E-state index is -0.106. The molecule has 3 rings (SSSR count). The highest BCUT2D eigenvalue weighted by atomic mass is 16.5. The molecule has 0 atom stereocenters. The molecule has 0 radical (unpaired) electrons. The molecule has 140 valence electrons. The quantitative estimate of drug-likeness (QED) is 0.815. The maximum Gasteiger partial charge on any atom is 0.322 e. The van der Waals surface area contributed by atoms with E-state index < -0.39 is 0 Å². The first kappa shape index (κ1) is 18.2. The largest absolute Gasteiger partial charge is 0.493 e. The van der Waals surface area contributed by atoms with Gasteiger partial charge in [0.15, 0.2) is 11.5 Å². The predicted molar refractivity (Wildman–Crippen MR) is 99.7 cm³/mol. The van der Waals surface area contributed by atoms with E-state index in [2.05, 4.69) is 5.32 Å². The number of nitrogens with one attached hydrogen (secondary N) is 1. The fourth-order valence-electron chi connectivity index (χ4n) is 3.45. The molecule has 2 aromatic rings. The second-order valence-electron chi connectivity index (χ2n) is 6.55. The Bertz CT molecular complexity index is 709. The summed E-state index contributed by atoms with van der Waals surface area (Å²) in [4.78, 5) is 14.9. The molecule has 2 amide bonds. The zero-order valence-electron chi connectivity index (χ0n) is 15.4. The number of amides is 2. The van der Waals surface area contributed by atoms with Crippen molar-refractivity contribution in [2.45, 2.75) is 44.7 Å². The molecule has 0 aliphatic heterocycles. The predicted octanol–water partition coefficient (Wildman–Crippen LogP) is 4.66. The third-order valence-corrected chi connectivity index (χ3v) is 4.84. The topological polar surface area (TPSA) is 63.9 Å². The molecule has 26 heavy (non-hydrogen) atoms. The Morgan fingerprint density at radius 1 is 1.15 bits per heavy atom. The first-order valence-corrected chi connectivity index (χ1v) is 9.02. The first-order valence-electron chi connectivity index (χ1n) is 9.02. The lowest BCUT2D eigenvalue weighted by Crippen LogP contribution is -2.43. The monoisotopic (exact) mass is 358 g/mol. The number of nitrogens with zero attached hydrogens (tertiary/aromatic N) is 1. The SMILES string of the molecule is COc1ccc(NC(=O)N(Cc2ccoc2)C2CCCCC2)cc1OC. The summed E-state index contributed by atoms with van der Waals surface area (Å²) in [7, 11) is 3.17. The summed E-state index contributed by atoms with van der Waals surface area (Å²) >= 11 is 0. The molecule has 1 N–H and O–H groups in total. The van der Waals surface area contributed by atoms with Crippen molar-refractivity contribution >= 4 is 11.7 Å². The van der Waals surface area contributed by atoms with Gasteiger partial charge in [0.25, 0.3) is 0 Å². The highest BCUT2D eigenvalue weighted by molar-refractivity contribution is 5.90. The van der Waals surface area contributed by atoms with E-state index in [1.807, 2.05) is 17.0 Å². The second kappa shape index (κ2) is 8.65. The molecule has 1 saturated carbocycles. The number of carbonyl (C=O) groups excluding carboxylic acids is 1. The van der Waals surface area contributed by atoms with Crippen molar-refractivity contribution in [1.29, 1.82) is 0 Å². The average molecular weight is 358 g/mol. The van der Waals surface area contributed by atoms with Gasteiger partial charge >= 0.3 is 6.03 Å². The van der Waals surface area contributed by atoms with E-state index in [1.165, 1.54) is 6.42 Å². The number of hydrogen-bond donors (Lipinski definition) is 1. The van der Waals surface area contributed by atoms with Crippen LogP contribution in [0.5, 0.6) is 11.5 Å². The van der Waals surface area contributed by atoms with Crippen molar-refractivity contribution < 1.29 is 18.7 Å². The van der Waals surface area contributed by atoms with E-state index in [-0.39, 0.29) is 12.1 Å². The van der Waals surface area contributed by atoms with Crippen LogP contribution < -0.4 is 14.8 Å². The van der Waals surface area contributed by atoms with Gasteiger partial charge in [0.1, 0.15) is 0 Å². The van der Waals surface area contributed by atoms with Gasteiger partial charge in [-0.1, -0.05) is 19.3 Å². The smallest absolute Gasteiger partial charge is 0.322 e. The normalized spacial score (nSPS) is 14.7. The number of anilines is 1. The summed E-state index contributed by atoms with van der Waals surface area (Å²) in [5.41, 5.74) is 1.68. The van der Waals surface area contributed by atoms with Gasteiger partial charge in [-0.15, -0.1) is 0 Å². The summed E-state index contributed by atoms with van der Waals surface area (Å²) in [5, 5.41) is 3.00. The van der Waals surface area contributed by atoms with Gasteiger partial charge in [-0.3, -0.25) is 0 Å². The summed E-state index contributed by atoms with van der Waals surface area (Å²) in [5.74, 6) is 1.22. The zero-order valence-corrected chi connectivity index (χ0v) is 15.4. The Morgan fingerprint density at radius 3 is 2.58 bits per heavy atom. The van der Waals surface area contributed by atoms with Gasteiger partial charge < -0.3 is 24.1 Å². The van der Waals surface area contributed by atoms with Gasteiger partial charge in [0.05, 0.1) is 33.3 Å². The molecule has 6 heteroatoms. The minimum absolute atomic E-state index is 0.106. The van der Waals surface area contributed by atoms with Crippen molar-refractivity contribution in [2.24, 2.45) is 0 Å². The van der Waals surface area contributed by atoms with Crippen molar-refractivity contribution in [3.8, 4) is 11.5 Å². The molecule has 1 aromatic carbocycles. The van der Waals surface area contributed by atoms with E-state index in [0.717, 1.165) is 31.2 Å². The molecular weight excluding hydrogens is 332 g/mol. The van der Waals surface area contributed by atoms with Crippen molar-refractivity contribution in [1.82, 2.24) is 4.90 Å². The van der Waals surface area contributed by atoms with Crippen LogP contribution in [0.4, 0.5) is 10.5 Å². The maximum absolute atomic E-state index is 13.0. The molecule has 1 aliphatic rings. The van der Waals surface area contributed by atoms with Gasteiger partial charge in [0, 0.05) is 23.4 Å². The molecule has 1 heterocycles. The van der Waals surface area contributed by atoms with Crippen LogP contribution >= 0.6 is 0 Å². The van der Waals surface area contributed by atoms with Crippen LogP contribution in [0.3, 0.4) is 0 Å². The van der Waals surface area contributed by atoms with Gasteiger partial charge in [-0.2, -0.15) is 0 Å². The number of carbonyl (C=O) groups is 1. The Labute approximate surface area is 154 Å². The Kier molecular flexibility index (Phi) is 6.04. The van der Waals surface area contributed by atoms with Crippen molar-refractivity contribution in [3.05, 3.63) is 42.4 Å². The van der Waals surface area contributed by atoms with Gasteiger partial charge in [-0.25, -0.2) is 4.79 Å². The molecule has 1 aromatic heterocycles. The lowest BCUT2D eigenvalue weighted by Gasteiger charge is -2.34. The number of methoxy groups -OCH3 is 2. The highest BCUT2D eigenvalue weighted by Gasteiger charge is 2.26. The number of furan rings is 1. The zero-order chi connectivity index (χ0) is 18.4. The number of urea groups is 1. The first-order chi connectivity index (χ1) is 12.7.